The Bertz CT molecular complexity index is 728. The molecule has 1 aromatic heterocycles. The fourth-order valence-corrected chi connectivity index (χ4v) is 2.08. The van der Waals surface area contributed by atoms with Crippen LogP contribution in [-0.4, -0.2) is 18.9 Å². The first kappa shape index (κ1) is 14.1. The molecule has 0 radical (unpaired) electrons. The number of hydrogen-bond donors (Lipinski definition) is 1. The molecule has 1 aliphatic heterocycles. The summed E-state index contributed by atoms with van der Waals surface area (Å²) in [5, 5.41) is 3.97. The van der Waals surface area contributed by atoms with Gasteiger partial charge in [-0.2, -0.15) is 5.10 Å². The molecule has 0 spiro atoms. The molecule has 0 unspecified atom stereocenters. The van der Waals surface area contributed by atoms with E-state index in [0.29, 0.717) is 11.3 Å². The van der Waals surface area contributed by atoms with Crippen LogP contribution in [0.25, 0.3) is 0 Å². The number of ether oxygens (including phenoxy) is 2. The van der Waals surface area contributed by atoms with Crippen molar-refractivity contribution < 1.29 is 18.8 Å². The van der Waals surface area contributed by atoms with Crippen molar-refractivity contribution in [2.24, 2.45) is 5.10 Å². The third-order valence-electron chi connectivity index (χ3n) is 3.26. The lowest BCUT2D eigenvalue weighted by Crippen LogP contribution is -2.33. The van der Waals surface area contributed by atoms with E-state index in [0.717, 1.165) is 17.9 Å². The molecule has 1 aliphatic rings. The van der Waals surface area contributed by atoms with Crippen molar-refractivity contribution in [1.29, 1.82) is 0 Å². The summed E-state index contributed by atoms with van der Waals surface area (Å²) in [5.41, 5.74) is 3.89. The van der Waals surface area contributed by atoms with E-state index in [1.54, 1.807) is 18.5 Å². The SMILES string of the molecule is CC[n+]1cccc(C(=O)N/N=C/c2ccc3c(c2)OCO3)c1. The summed E-state index contributed by atoms with van der Waals surface area (Å²) < 4.78 is 12.5. The average Bonchev–Trinajstić information content (AvgIpc) is 3.02. The Morgan fingerprint density at radius 3 is 3.09 bits per heavy atom. The lowest BCUT2D eigenvalue weighted by molar-refractivity contribution is -0.693. The van der Waals surface area contributed by atoms with Gasteiger partial charge in [-0.25, -0.2) is 9.99 Å². The predicted molar refractivity (Wildman–Crippen MR) is 79.9 cm³/mol. The van der Waals surface area contributed by atoms with Gasteiger partial charge in [0.05, 0.1) is 6.21 Å². The fraction of sp³-hybridized carbons (Fsp3) is 0.188. The highest BCUT2D eigenvalue weighted by Gasteiger charge is 2.12. The Balaban J connectivity index is 1.65. The number of aryl methyl sites for hydroxylation is 1. The number of aromatic nitrogens is 1. The van der Waals surface area contributed by atoms with Gasteiger partial charge in [-0.1, -0.05) is 0 Å². The highest BCUT2D eigenvalue weighted by molar-refractivity contribution is 5.94. The smallest absolute Gasteiger partial charge is 0.277 e. The van der Waals surface area contributed by atoms with Gasteiger partial charge < -0.3 is 9.47 Å². The van der Waals surface area contributed by atoms with E-state index in [1.165, 1.54) is 0 Å². The van der Waals surface area contributed by atoms with E-state index in [4.69, 9.17) is 9.47 Å². The van der Waals surface area contributed by atoms with Crippen LogP contribution < -0.4 is 19.5 Å². The van der Waals surface area contributed by atoms with Gasteiger partial charge in [-0.15, -0.1) is 0 Å². The Kier molecular flexibility index (Phi) is 4.00. The molecule has 0 aliphatic carbocycles. The van der Waals surface area contributed by atoms with E-state index < -0.39 is 0 Å². The van der Waals surface area contributed by atoms with Gasteiger partial charge in [0.1, 0.15) is 12.1 Å². The maximum absolute atomic E-state index is 12.0. The van der Waals surface area contributed by atoms with E-state index in [2.05, 4.69) is 10.5 Å². The van der Waals surface area contributed by atoms with Gasteiger partial charge >= 0.3 is 0 Å². The minimum atomic E-state index is -0.250. The molecule has 1 amide bonds. The highest BCUT2D eigenvalue weighted by atomic mass is 16.7. The van der Waals surface area contributed by atoms with Gasteiger partial charge in [-0.05, 0) is 36.8 Å². The van der Waals surface area contributed by atoms with E-state index >= 15 is 0 Å². The number of amides is 1. The van der Waals surface area contributed by atoms with Crippen LogP contribution in [0.4, 0.5) is 0 Å². The first-order valence-electron chi connectivity index (χ1n) is 6.98. The minimum absolute atomic E-state index is 0.234. The first-order chi connectivity index (χ1) is 10.8. The Hall–Kier alpha value is -2.89. The molecule has 2 aromatic rings. The van der Waals surface area contributed by atoms with Crippen molar-refractivity contribution in [2.75, 3.05) is 6.79 Å². The van der Waals surface area contributed by atoms with Crippen LogP contribution in [0.15, 0.2) is 47.8 Å². The zero-order valence-corrected chi connectivity index (χ0v) is 12.2. The number of hydrazone groups is 1. The third-order valence-corrected chi connectivity index (χ3v) is 3.26. The summed E-state index contributed by atoms with van der Waals surface area (Å²) >= 11 is 0. The molecule has 0 saturated carbocycles. The van der Waals surface area contributed by atoms with Crippen molar-refractivity contribution in [3.05, 3.63) is 53.9 Å². The van der Waals surface area contributed by atoms with Crippen LogP contribution in [0.3, 0.4) is 0 Å². The Labute approximate surface area is 128 Å². The van der Waals surface area contributed by atoms with Crippen molar-refractivity contribution in [2.45, 2.75) is 13.5 Å². The molecule has 0 bridgehead atoms. The molecular weight excluding hydrogens is 282 g/mol. The lowest BCUT2D eigenvalue weighted by atomic mass is 10.2. The lowest BCUT2D eigenvalue weighted by Gasteiger charge is -2.00. The second kappa shape index (κ2) is 6.26. The molecule has 0 atom stereocenters. The molecule has 112 valence electrons. The summed E-state index contributed by atoms with van der Waals surface area (Å²) in [6, 6.07) is 9.05. The van der Waals surface area contributed by atoms with Gasteiger partial charge in [0, 0.05) is 6.07 Å². The number of carbonyl (C=O) groups excluding carboxylic acids is 1. The summed E-state index contributed by atoms with van der Waals surface area (Å²) in [6.45, 7) is 3.05. The van der Waals surface area contributed by atoms with Crippen LogP contribution in [0.2, 0.25) is 0 Å². The van der Waals surface area contributed by atoms with Crippen molar-refractivity contribution in [3.8, 4) is 11.5 Å². The van der Waals surface area contributed by atoms with E-state index in [1.807, 2.05) is 42.0 Å². The van der Waals surface area contributed by atoms with Crippen LogP contribution in [-0.2, 0) is 6.54 Å². The Morgan fingerprint density at radius 1 is 1.36 bits per heavy atom. The third kappa shape index (κ3) is 3.06. The number of fused-ring (bicyclic) bond motifs is 1. The number of rotatable bonds is 4. The van der Waals surface area contributed by atoms with Crippen molar-refractivity contribution in [1.82, 2.24) is 5.43 Å². The van der Waals surface area contributed by atoms with Gasteiger partial charge in [0.15, 0.2) is 23.9 Å². The molecule has 2 heterocycles. The molecular formula is C16H16N3O3+. The number of carbonyl (C=O) groups is 1. The number of nitrogens with zero attached hydrogens (tertiary/aromatic N) is 2. The standard InChI is InChI=1S/C16H15N3O3/c1-2-19-7-3-4-13(10-19)16(20)18-17-9-12-5-6-14-15(8-12)22-11-21-14/h3-10H,2,11H2,1H3/p+1/b17-9+. The summed E-state index contributed by atoms with van der Waals surface area (Å²) in [4.78, 5) is 12.0. The quantitative estimate of drug-likeness (QED) is 0.528. The first-order valence-corrected chi connectivity index (χ1v) is 6.98. The number of nitrogens with one attached hydrogen (secondary N) is 1. The molecule has 6 nitrogen and oxygen atoms in total. The number of pyridine rings is 1. The average molecular weight is 298 g/mol. The molecule has 6 heteroatoms. The van der Waals surface area contributed by atoms with Crippen molar-refractivity contribution >= 4 is 12.1 Å². The van der Waals surface area contributed by atoms with E-state index in [-0.39, 0.29) is 12.7 Å². The molecule has 0 saturated heterocycles. The maximum atomic E-state index is 12.0. The second-order valence-electron chi connectivity index (χ2n) is 4.73. The van der Waals surface area contributed by atoms with Gasteiger partial charge in [0.25, 0.3) is 5.91 Å². The summed E-state index contributed by atoms with van der Waals surface area (Å²) in [7, 11) is 0. The largest absolute Gasteiger partial charge is 0.454 e. The van der Waals surface area contributed by atoms with E-state index in [9.17, 15) is 4.79 Å². The number of hydrogen-bond acceptors (Lipinski definition) is 4. The molecule has 22 heavy (non-hydrogen) atoms. The van der Waals surface area contributed by atoms with Gasteiger partial charge in [0.2, 0.25) is 6.79 Å². The molecule has 1 aromatic carbocycles. The zero-order valence-electron chi connectivity index (χ0n) is 12.2. The topological polar surface area (TPSA) is 63.8 Å². The maximum Gasteiger partial charge on any atom is 0.277 e. The minimum Gasteiger partial charge on any atom is -0.454 e. The van der Waals surface area contributed by atoms with Gasteiger partial charge in [-0.3, -0.25) is 4.79 Å². The van der Waals surface area contributed by atoms with Crippen LogP contribution in [0, 0.1) is 0 Å². The normalized spacial score (nSPS) is 12.6. The predicted octanol–water partition coefficient (Wildman–Crippen LogP) is 1.49. The summed E-state index contributed by atoms with van der Waals surface area (Å²) in [5.74, 6) is 1.15. The van der Waals surface area contributed by atoms with Crippen molar-refractivity contribution in [3.63, 3.8) is 0 Å². The fourth-order valence-electron chi connectivity index (χ4n) is 2.08. The van der Waals surface area contributed by atoms with Crippen LogP contribution in [0.5, 0.6) is 11.5 Å². The highest BCUT2D eigenvalue weighted by Crippen LogP contribution is 2.31. The van der Waals surface area contributed by atoms with Crippen LogP contribution in [0.1, 0.15) is 22.8 Å². The zero-order chi connectivity index (χ0) is 15.4. The second-order valence-corrected chi connectivity index (χ2v) is 4.73. The Morgan fingerprint density at radius 2 is 2.23 bits per heavy atom. The molecule has 0 fully saturated rings. The van der Waals surface area contributed by atoms with Crippen LogP contribution >= 0.6 is 0 Å². The molecule has 1 N–H and O–H groups in total. The monoisotopic (exact) mass is 298 g/mol. The summed E-state index contributed by atoms with van der Waals surface area (Å²) in [6.07, 6.45) is 5.26. The molecule has 3 rings (SSSR count). The number of benzene rings is 1.